The molecule has 0 bridgehead atoms. The van der Waals surface area contributed by atoms with E-state index in [-0.39, 0.29) is 12.1 Å². The lowest BCUT2D eigenvalue weighted by Crippen LogP contribution is -2.34. The van der Waals surface area contributed by atoms with Gasteiger partial charge in [-0.3, -0.25) is 4.79 Å². The lowest BCUT2D eigenvalue weighted by molar-refractivity contribution is -0.143. The van der Waals surface area contributed by atoms with Crippen LogP contribution in [0.5, 0.6) is 0 Å². The average molecular weight is 430 g/mol. The van der Waals surface area contributed by atoms with Crippen LogP contribution in [0, 0.1) is 0 Å². The van der Waals surface area contributed by atoms with E-state index in [1.54, 1.807) is 0 Å². The Morgan fingerprint density at radius 3 is 2.68 bits per heavy atom. The quantitative estimate of drug-likeness (QED) is 0.286. The maximum absolute atomic E-state index is 11.8. The zero-order valence-corrected chi connectivity index (χ0v) is 19.8. The third kappa shape index (κ3) is 6.68. The summed E-state index contributed by atoms with van der Waals surface area (Å²) < 4.78 is 11.3. The van der Waals surface area contributed by atoms with Gasteiger partial charge in [0.25, 0.3) is 0 Å². The Hall–Kier alpha value is -2.63. The van der Waals surface area contributed by atoms with Gasteiger partial charge in [-0.05, 0) is 65.2 Å². The van der Waals surface area contributed by atoms with Crippen molar-refractivity contribution >= 4 is 5.97 Å². The molecule has 1 atom stereocenters. The van der Waals surface area contributed by atoms with Gasteiger partial charge in [0.1, 0.15) is 11.9 Å². The van der Waals surface area contributed by atoms with Gasteiger partial charge < -0.3 is 25.0 Å². The zero-order chi connectivity index (χ0) is 22.8. The summed E-state index contributed by atoms with van der Waals surface area (Å²) in [6.45, 7) is 16.7. The minimum Gasteiger partial charge on any atom is -0.493 e. The largest absolute Gasteiger partial charge is 0.493 e. The minimum absolute atomic E-state index is 0.159. The first kappa shape index (κ1) is 24.6. The molecule has 0 fully saturated rings. The highest BCUT2D eigenvalue weighted by Crippen LogP contribution is 2.30. The lowest BCUT2D eigenvalue weighted by atomic mass is 9.99. The van der Waals surface area contributed by atoms with E-state index in [1.807, 2.05) is 26.0 Å². The van der Waals surface area contributed by atoms with Crippen LogP contribution in [-0.2, 0) is 14.3 Å². The first-order valence-electron chi connectivity index (χ1n) is 11.4. The standard InChI is InChI=1S/C25H39N3O3/c1-7-18(5)25-26-19(6)21(27-25)14-17-31-23(9-3)20-12-11-15-28(22(20)8-2)16-13-24(29)30-10-4/h7-9,25-27H,2,10-17H2,1,3-6H3/b18-7+,23-9+. The molecule has 2 aliphatic rings. The Bertz CT molecular complexity index is 777. The predicted molar refractivity (Wildman–Crippen MR) is 126 cm³/mol. The molecule has 1 unspecified atom stereocenters. The highest BCUT2D eigenvalue weighted by molar-refractivity contribution is 5.69. The van der Waals surface area contributed by atoms with Crippen molar-refractivity contribution in [1.82, 2.24) is 15.5 Å². The van der Waals surface area contributed by atoms with E-state index in [0.29, 0.717) is 26.2 Å². The lowest BCUT2D eigenvalue weighted by Gasteiger charge is -2.33. The van der Waals surface area contributed by atoms with Crippen LogP contribution in [0.4, 0.5) is 0 Å². The molecular formula is C25H39N3O3. The fraction of sp³-hybridized carbons (Fsp3) is 0.560. The third-order valence-electron chi connectivity index (χ3n) is 5.80. The molecule has 2 rings (SSSR count). The van der Waals surface area contributed by atoms with Crippen molar-refractivity contribution in [2.45, 2.75) is 66.5 Å². The molecule has 0 saturated carbocycles. The molecule has 0 aromatic heterocycles. The summed E-state index contributed by atoms with van der Waals surface area (Å²) >= 11 is 0. The van der Waals surface area contributed by atoms with Crippen molar-refractivity contribution in [1.29, 1.82) is 0 Å². The number of nitrogens with zero attached hydrogens (tertiary/aromatic N) is 1. The fourth-order valence-electron chi connectivity index (χ4n) is 3.96. The number of carbonyl (C=O) groups excluding carboxylic acids is 1. The number of rotatable bonds is 11. The molecule has 0 spiro atoms. The number of carbonyl (C=O) groups is 1. The van der Waals surface area contributed by atoms with Crippen molar-refractivity contribution in [2.24, 2.45) is 0 Å². The van der Waals surface area contributed by atoms with Crippen molar-refractivity contribution < 1.29 is 14.3 Å². The second-order valence-electron chi connectivity index (χ2n) is 7.82. The Labute approximate surface area is 187 Å². The maximum Gasteiger partial charge on any atom is 0.307 e. The Balaban J connectivity index is 1.99. The minimum atomic E-state index is -0.159. The first-order valence-corrected chi connectivity index (χ1v) is 11.4. The van der Waals surface area contributed by atoms with Crippen LogP contribution < -0.4 is 10.6 Å². The van der Waals surface area contributed by atoms with Gasteiger partial charge in [-0.25, -0.2) is 0 Å². The van der Waals surface area contributed by atoms with Crippen molar-refractivity contribution in [3.8, 4) is 0 Å². The van der Waals surface area contributed by atoms with Crippen LogP contribution in [0.2, 0.25) is 0 Å². The fourth-order valence-corrected chi connectivity index (χ4v) is 3.96. The van der Waals surface area contributed by atoms with Gasteiger partial charge >= 0.3 is 5.97 Å². The first-order chi connectivity index (χ1) is 14.9. The SMILES string of the molecule is C=CC1=C(/C(=C\C)OCCC2=C(C)NC(/C(C)=C/C)N2)CCCN1CCC(=O)OCC. The smallest absolute Gasteiger partial charge is 0.307 e. The Kier molecular flexibility index (Phi) is 9.76. The van der Waals surface area contributed by atoms with Crippen LogP contribution in [-0.4, -0.2) is 43.3 Å². The van der Waals surface area contributed by atoms with Crippen molar-refractivity contribution in [3.63, 3.8) is 0 Å². The molecular weight excluding hydrogens is 390 g/mol. The number of esters is 1. The molecule has 6 nitrogen and oxygen atoms in total. The van der Waals surface area contributed by atoms with E-state index in [4.69, 9.17) is 9.47 Å². The number of hydrogen-bond donors (Lipinski definition) is 2. The van der Waals surface area contributed by atoms with E-state index in [0.717, 1.165) is 37.3 Å². The number of allylic oxidation sites excluding steroid dienone is 5. The van der Waals surface area contributed by atoms with E-state index >= 15 is 0 Å². The second-order valence-corrected chi connectivity index (χ2v) is 7.82. The second kappa shape index (κ2) is 12.3. The molecule has 0 aliphatic carbocycles. The van der Waals surface area contributed by atoms with Crippen LogP contribution in [0.1, 0.15) is 60.3 Å². The van der Waals surface area contributed by atoms with Gasteiger partial charge in [0.05, 0.1) is 19.6 Å². The molecule has 0 saturated heterocycles. The Morgan fingerprint density at radius 2 is 2.03 bits per heavy atom. The normalized spacial score (nSPS) is 19.9. The number of ether oxygens (including phenoxy) is 2. The zero-order valence-electron chi connectivity index (χ0n) is 19.8. The van der Waals surface area contributed by atoms with Gasteiger partial charge in [-0.2, -0.15) is 0 Å². The molecule has 2 heterocycles. The van der Waals surface area contributed by atoms with Crippen LogP contribution in [0.25, 0.3) is 0 Å². The monoisotopic (exact) mass is 429 g/mol. The van der Waals surface area contributed by atoms with Crippen LogP contribution in [0.15, 0.2) is 58.8 Å². The van der Waals surface area contributed by atoms with Gasteiger partial charge in [0.15, 0.2) is 0 Å². The van der Waals surface area contributed by atoms with Gasteiger partial charge in [-0.1, -0.05) is 12.7 Å². The molecule has 6 heteroatoms. The molecule has 0 aromatic rings. The molecule has 172 valence electrons. The van der Waals surface area contributed by atoms with Gasteiger partial charge in [0.2, 0.25) is 0 Å². The topological polar surface area (TPSA) is 62.8 Å². The molecule has 0 radical (unpaired) electrons. The molecule has 31 heavy (non-hydrogen) atoms. The summed E-state index contributed by atoms with van der Waals surface area (Å²) in [5, 5.41) is 7.04. The molecule has 2 aliphatic heterocycles. The number of nitrogens with one attached hydrogen (secondary N) is 2. The number of hydrogen-bond acceptors (Lipinski definition) is 6. The van der Waals surface area contributed by atoms with Crippen molar-refractivity contribution in [3.05, 3.63) is 58.8 Å². The highest BCUT2D eigenvalue weighted by atomic mass is 16.5. The maximum atomic E-state index is 11.8. The average Bonchev–Trinajstić information content (AvgIpc) is 3.15. The van der Waals surface area contributed by atoms with Crippen LogP contribution in [0.3, 0.4) is 0 Å². The van der Waals surface area contributed by atoms with E-state index in [9.17, 15) is 4.79 Å². The molecule has 0 amide bonds. The van der Waals surface area contributed by atoms with Crippen molar-refractivity contribution in [2.75, 3.05) is 26.3 Å². The van der Waals surface area contributed by atoms with Gasteiger partial charge in [-0.15, -0.1) is 0 Å². The highest BCUT2D eigenvalue weighted by Gasteiger charge is 2.23. The molecule has 2 N–H and O–H groups in total. The third-order valence-corrected chi connectivity index (χ3v) is 5.80. The van der Waals surface area contributed by atoms with E-state index in [1.165, 1.54) is 22.5 Å². The van der Waals surface area contributed by atoms with E-state index in [2.05, 4.69) is 49.0 Å². The Morgan fingerprint density at radius 1 is 1.26 bits per heavy atom. The summed E-state index contributed by atoms with van der Waals surface area (Å²) in [6, 6.07) is 0. The summed E-state index contributed by atoms with van der Waals surface area (Å²) in [4.78, 5) is 14.0. The summed E-state index contributed by atoms with van der Waals surface area (Å²) in [5.41, 5.74) is 5.86. The van der Waals surface area contributed by atoms with Gasteiger partial charge in [0, 0.05) is 42.2 Å². The summed E-state index contributed by atoms with van der Waals surface area (Å²) in [7, 11) is 0. The molecule has 0 aromatic carbocycles. The summed E-state index contributed by atoms with van der Waals surface area (Å²) in [6.07, 6.45) is 9.36. The van der Waals surface area contributed by atoms with Crippen LogP contribution >= 0.6 is 0 Å². The summed E-state index contributed by atoms with van der Waals surface area (Å²) in [5.74, 6) is 0.745. The van der Waals surface area contributed by atoms with E-state index < -0.39 is 0 Å². The predicted octanol–water partition coefficient (Wildman–Crippen LogP) is 4.50.